The van der Waals surface area contributed by atoms with Gasteiger partial charge in [-0.3, -0.25) is 4.79 Å². The van der Waals surface area contributed by atoms with Crippen molar-refractivity contribution in [1.82, 2.24) is 5.32 Å². The van der Waals surface area contributed by atoms with Crippen molar-refractivity contribution in [2.24, 2.45) is 0 Å². The molecule has 0 bridgehead atoms. The molecular formula is C15H19Cl2NO2. The molecule has 0 aliphatic carbocycles. The van der Waals surface area contributed by atoms with Crippen LogP contribution in [0.5, 0.6) is 0 Å². The van der Waals surface area contributed by atoms with Gasteiger partial charge in [0.25, 0.3) is 0 Å². The molecule has 1 aliphatic heterocycles. The SMILES string of the molecule is O=C(CCOC1CCNCC1)Cc1cccc(Cl)c1Cl. The van der Waals surface area contributed by atoms with E-state index in [4.69, 9.17) is 27.9 Å². The van der Waals surface area contributed by atoms with E-state index in [1.54, 1.807) is 6.07 Å². The van der Waals surface area contributed by atoms with Gasteiger partial charge >= 0.3 is 0 Å². The van der Waals surface area contributed by atoms with Gasteiger partial charge in [0, 0.05) is 12.8 Å². The fourth-order valence-electron chi connectivity index (χ4n) is 2.29. The van der Waals surface area contributed by atoms with Gasteiger partial charge in [0.2, 0.25) is 0 Å². The van der Waals surface area contributed by atoms with E-state index >= 15 is 0 Å². The van der Waals surface area contributed by atoms with Crippen LogP contribution in [-0.2, 0) is 16.0 Å². The second-order valence-electron chi connectivity index (χ2n) is 5.00. The third kappa shape index (κ3) is 4.74. The summed E-state index contributed by atoms with van der Waals surface area (Å²) in [7, 11) is 0. The van der Waals surface area contributed by atoms with Gasteiger partial charge in [0.15, 0.2) is 0 Å². The smallest absolute Gasteiger partial charge is 0.139 e. The highest BCUT2D eigenvalue weighted by Crippen LogP contribution is 2.26. The topological polar surface area (TPSA) is 38.3 Å². The molecule has 0 amide bonds. The Morgan fingerprint density at radius 2 is 2.05 bits per heavy atom. The summed E-state index contributed by atoms with van der Waals surface area (Å²) in [4.78, 5) is 11.9. The van der Waals surface area contributed by atoms with Crippen molar-refractivity contribution >= 4 is 29.0 Å². The predicted molar refractivity (Wildman–Crippen MR) is 81.6 cm³/mol. The van der Waals surface area contributed by atoms with E-state index in [-0.39, 0.29) is 5.78 Å². The summed E-state index contributed by atoms with van der Waals surface area (Å²) in [5, 5.41) is 4.25. The Hall–Kier alpha value is -0.610. The second-order valence-corrected chi connectivity index (χ2v) is 5.78. The zero-order valence-electron chi connectivity index (χ0n) is 11.3. The lowest BCUT2D eigenvalue weighted by atomic mass is 10.1. The Bertz CT molecular complexity index is 459. The minimum atomic E-state index is 0.128. The van der Waals surface area contributed by atoms with Gasteiger partial charge in [-0.2, -0.15) is 0 Å². The van der Waals surface area contributed by atoms with Crippen molar-refractivity contribution < 1.29 is 9.53 Å². The Labute approximate surface area is 129 Å². The third-order valence-corrected chi connectivity index (χ3v) is 4.30. The lowest BCUT2D eigenvalue weighted by Crippen LogP contribution is -2.32. The third-order valence-electron chi connectivity index (χ3n) is 3.44. The molecule has 2 rings (SSSR count). The van der Waals surface area contributed by atoms with E-state index in [1.165, 1.54) is 0 Å². The molecular weight excluding hydrogens is 297 g/mol. The molecule has 0 atom stereocenters. The minimum absolute atomic E-state index is 0.128. The van der Waals surface area contributed by atoms with Crippen LogP contribution in [0, 0.1) is 0 Å². The standard InChI is InChI=1S/C15H19Cl2NO2/c16-14-3-1-2-11(15(14)17)10-12(19)6-9-20-13-4-7-18-8-5-13/h1-3,13,18H,4-10H2. The number of piperidine rings is 1. The highest BCUT2D eigenvalue weighted by molar-refractivity contribution is 6.42. The number of nitrogens with one attached hydrogen (secondary N) is 1. The molecule has 0 unspecified atom stereocenters. The van der Waals surface area contributed by atoms with Gasteiger partial charge in [-0.15, -0.1) is 0 Å². The van der Waals surface area contributed by atoms with Crippen LogP contribution in [0.4, 0.5) is 0 Å². The van der Waals surface area contributed by atoms with Gasteiger partial charge in [-0.1, -0.05) is 35.3 Å². The summed E-state index contributed by atoms with van der Waals surface area (Å²) in [6.07, 6.45) is 3.07. The average Bonchev–Trinajstić information content (AvgIpc) is 2.45. The van der Waals surface area contributed by atoms with Crippen molar-refractivity contribution in [1.29, 1.82) is 0 Å². The zero-order valence-corrected chi connectivity index (χ0v) is 12.8. The van der Waals surface area contributed by atoms with E-state index in [0.29, 0.717) is 35.6 Å². The summed E-state index contributed by atoms with van der Waals surface area (Å²) >= 11 is 12.0. The second kappa shape index (κ2) is 7.99. The molecule has 1 aromatic carbocycles. The lowest BCUT2D eigenvalue weighted by Gasteiger charge is -2.22. The Kier molecular flexibility index (Phi) is 6.30. The molecule has 1 fully saturated rings. The van der Waals surface area contributed by atoms with Gasteiger partial charge in [0.1, 0.15) is 5.78 Å². The molecule has 20 heavy (non-hydrogen) atoms. The van der Waals surface area contributed by atoms with Crippen molar-refractivity contribution in [3.63, 3.8) is 0 Å². The van der Waals surface area contributed by atoms with Crippen molar-refractivity contribution in [2.75, 3.05) is 19.7 Å². The maximum absolute atomic E-state index is 11.9. The van der Waals surface area contributed by atoms with E-state index in [0.717, 1.165) is 31.5 Å². The van der Waals surface area contributed by atoms with Gasteiger partial charge in [-0.25, -0.2) is 0 Å². The highest BCUT2D eigenvalue weighted by Gasteiger charge is 2.14. The van der Waals surface area contributed by atoms with Gasteiger partial charge in [0.05, 0.1) is 22.8 Å². The number of hydrogen-bond donors (Lipinski definition) is 1. The molecule has 0 saturated carbocycles. The summed E-state index contributed by atoms with van der Waals surface area (Å²) in [5.41, 5.74) is 0.783. The van der Waals surface area contributed by atoms with Crippen LogP contribution in [-0.4, -0.2) is 31.6 Å². The number of ketones is 1. The van der Waals surface area contributed by atoms with Crippen molar-refractivity contribution in [2.45, 2.75) is 31.8 Å². The fourth-order valence-corrected chi connectivity index (χ4v) is 2.67. The predicted octanol–water partition coefficient (Wildman–Crippen LogP) is 3.26. The maximum Gasteiger partial charge on any atom is 0.139 e. The van der Waals surface area contributed by atoms with Crippen LogP contribution in [0.15, 0.2) is 18.2 Å². The van der Waals surface area contributed by atoms with Crippen molar-refractivity contribution in [3.8, 4) is 0 Å². The molecule has 1 aliphatic rings. The molecule has 1 heterocycles. The first-order valence-electron chi connectivity index (χ1n) is 6.93. The molecule has 0 radical (unpaired) electrons. The van der Waals surface area contributed by atoms with E-state index < -0.39 is 0 Å². The van der Waals surface area contributed by atoms with Crippen LogP contribution in [0.1, 0.15) is 24.8 Å². The summed E-state index contributed by atoms with van der Waals surface area (Å²) in [6, 6.07) is 5.36. The fraction of sp³-hybridized carbons (Fsp3) is 0.533. The molecule has 110 valence electrons. The monoisotopic (exact) mass is 315 g/mol. The molecule has 1 N–H and O–H groups in total. The first-order valence-corrected chi connectivity index (χ1v) is 7.69. The number of ether oxygens (including phenoxy) is 1. The Morgan fingerprint density at radius 3 is 2.80 bits per heavy atom. The number of benzene rings is 1. The number of carbonyl (C=O) groups is 1. The Balaban J connectivity index is 1.73. The summed E-state index contributed by atoms with van der Waals surface area (Å²) in [6.45, 7) is 2.48. The van der Waals surface area contributed by atoms with Crippen LogP contribution in [0.25, 0.3) is 0 Å². The van der Waals surface area contributed by atoms with Crippen LogP contribution >= 0.6 is 23.2 Å². The average molecular weight is 316 g/mol. The van der Waals surface area contributed by atoms with Crippen LogP contribution < -0.4 is 5.32 Å². The van der Waals surface area contributed by atoms with E-state index in [9.17, 15) is 4.79 Å². The van der Waals surface area contributed by atoms with E-state index in [1.807, 2.05) is 12.1 Å². The summed E-state index contributed by atoms with van der Waals surface area (Å²) in [5.74, 6) is 0.128. The molecule has 0 aromatic heterocycles. The Morgan fingerprint density at radius 1 is 1.30 bits per heavy atom. The first kappa shape index (κ1) is 15.8. The molecule has 1 aromatic rings. The maximum atomic E-state index is 11.9. The van der Waals surface area contributed by atoms with Gasteiger partial charge < -0.3 is 10.1 Å². The van der Waals surface area contributed by atoms with Crippen LogP contribution in [0.2, 0.25) is 10.0 Å². The number of rotatable bonds is 6. The lowest BCUT2D eigenvalue weighted by molar-refractivity contribution is -0.120. The largest absolute Gasteiger partial charge is 0.378 e. The quantitative estimate of drug-likeness (QED) is 0.875. The van der Waals surface area contributed by atoms with Crippen LogP contribution in [0.3, 0.4) is 0 Å². The molecule has 0 spiro atoms. The number of Topliss-reactive ketones (excluding diaryl/α,β-unsaturated/α-hetero) is 1. The molecule has 3 nitrogen and oxygen atoms in total. The minimum Gasteiger partial charge on any atom is -0.378 e. The highest BCUT2D eigenvalue weighted by atomic mass is 35.5. The van der Waals surface area contributed by atoms with Crippen molar-refractivity contribution in [3.05, 3.63) is 33.8 Å². The molecule has 1 saturated heterocycles. The van der Waals surface area contributed by atoms with Gasteiger partial charge in [-0.05, 0) is 37.6 Å². The van der Waals surface area contributed by atoms with E-state index in [2.05, 4.69) is 5.32 Å². The number of halogens is 2. The normalized spacial score (nSPS) is 16.3. The molecule has 5 heteroatoms. The number of hydrogen-bond acceptors (Lipinski definition) is 3. The first-order chi connectivity index (χ1) is 9.66. The zero-order chi connectivity index (χ0) is 14.4. The summed E-state index contributed by atoms with van der Waals surface area (Å²) < 4.78 is 5.73. The number of carbonyl (C=O) groups excluding carboxylic acids is 1.